The Kier molecular flexibility index (Phi) is 7.42. The number of carbonyl (C=O) groups is 1. The summed E-state index contributed by atoms with van der Waals surface area (Å²) >= 11 is 6.18. The van der Waals surface area contributed by atoms with Crippen LogP contribution in [0.4, 0.5) is 0 Å². The quantitative estimate of drug-likeness (QED) is 0.528. The molecular weight excluding hydrogens is 438 g/mol. The largest absolute Gasteiger partial charge is 0.348 e. The Labute approximate surface area is 186 Å². The summed E-state index contributed by atoms with van der Waals surface area (Å²) in [6, 6.07) is 11.9. The Balaban J connectivity index is 1.69. The first kappa shape index (κ1) is 22.9. The van der Waals surface area contributed by atoms with Crippen LogP contribution in [0.1, 0.15) is 35.3 Å². The SMILES string of the molecule is CCN(CC)S(=O)(=O)c1ccc(Cl)c(C(=O)NCc2ccc(Cn3cncn3)cc2)c1. The Hall–Kier alpha value is -2.75. The second kappa shape index (κ2) is 10.0. The fourth-order valence-electron chi connectivity index (χ4n) is 3.09. The van der Waals surface area contributed by atoms with Gasteiger partial charge in [0.05, 0.1) is 22.0 Å². The molecule has 0 radical (unpaired) electrons. The molecule has 0 fully saturated rings. The molecule has 3 rings (SSSR count). The fourth-order valence-corrected chi connectivity index (χ4v) is 4.78. The lowest BCUT2D eigenvalue weighted by atomic mass is 10.1. The molecular formula is C21H24ClN5O3S. The monoisotopic (exact) mass is 461 g/mol. The van der Waals surface area contributed by atoms with Gasteiger partial charge in [-0.2, -0.15) is 9.40 Å². The maximum Gasteiger partial charge on any atom is 0.253 e. The van der Waals surface area contributed by atoms with E-state index in [1.807, 2.05) is 24.3 Å². The summed E-state index contributed by atoms with van der Waals surface area (Å²) in [5, 5.41) is 7.06. The lowest BCUT2D eigenvalue weighted by Gasteiger charge is -2.19. The standard InChI is InChI=1S/C21H24ClN5O3S/c1-3-27(4-2)31(29,30)18-9-10-20(22)19(11-18)21(28)24-12-16-5-7-17(8-6-16)13-26-15-23-14-25-26/h5-11,14-15H,3-4,12-13H2,1-2H3,(H,24,28). The van der Waals surface area contributed by atoms with E-state index >= 15 is 0 Å². The number of nitrogens with one attached hydrogen (secondary N) is 1. The zero-order chi connectivity index (χ0) is 22.4. The molecule has 0 bridgehead atoms. The van der Waals surface area contributed by atoms with E-state index in [0.29, 0.717) is 19.6 Å². The van der Waals surface area contributed by atoms with Gasteiger partial charge in [0.15, 0.2) is 0 Å². The van der Waals surface area contributed by atoms with Crippen molar-refractivity contribution in [1.29, 1.82) is 0 Å². The van der Waals surface area contributed by atoms with Crippen LogP contribution < -0.4 is 5.32 Å². The summed E-state index contributed by atoms with van der Waals surface area (Å²) in [6.07, 6.45) is 3.13. The predicted octanol–water partition coefficient (Wildman–Crippen LogP) is 2.94. The molecule has 0 aliphatic rings. The number of nitrogens with zero attached hydrogens (tertiary/aromatic N) is 4. The van der Waals surface area contributed by atoms with Crippen LogP contribution in [-0.2, 0) is 23.1 Å². The highest BCUT2D eigenvalue weighted by Gasteiger charge is 2.23. The van der Waals surface area contributed by atoms with Crippen molar-refractivity contribution in [2.75, 3.05) is 13.1 Å². The molecule has 3 aromatic rings. The molecule has 8 nitrogen and oxygen atoms in total. The van der Waals surface area contributed by atoms with E-state index in [1.54, 1.807) is 24.9 Å². The molecule has 0 aliphatic heterocycles. The number of amides is 1. The smallest absolute Gasteiger partial charge is 0.253 e. The molecule has 0 saturated heterocycles. The first-order valence-corrected chi connectivity index (χ1v) is 11.6. The average Bonchev–Trinajstić information content (AvgIpc) is 3.27. The number of carbonyl (C=O) groups excluding carboxylic acids is 1. The summed E-state index contributed by atoms with van der Waals surface area (Å²) in [7, 11) is -3.68. The molecule has 31 heavy (non-hydrogen) atoms. The second-order valence-electron chi connectivity index (χ2n) is 6.82. The van der Waals surface area contributed by atoms with E-state index < -0.39 is 15.9 Å². The lowest BCUT2D eigenvalue weighted by Crippen LogP contribution is -2.31. The maximum atomic E-state index is 12.7. The van der Waals surface area contributed by atoms with Crippen LogP contribution in [0.2, 0.25) is 5.02 Å². The third-order valence-corrected chi connectivity index (χ3v) is 7.19. The van der Waals surface area contributed by atoms with Crippen LogP contribution in [0.25, 0.3) is 0 Å². The van der Waals surface area contributed by atoms with E-state index in [2.05, 4.69) is 15.4 Å². The maximum absolute atomic E-state index is 12.7. The minimum absolute atomic E-state index is 0.0446. The van der Waals surface area contributed by atoms with E-state index in [4.69, 9.17) is 11.6 Å². The summed E-state index contributed by atoms with van der Waals surface area (Å²) < 4.78 is 28.5. The molecule has 1 aromatic heterocycles. The predicted molar refractivity (Wildman–Crippen MR) is 118 cm³/mol. The molecule has 164 valence electrons. The van der Waals surface area contributed by atoms with E-state index in [1.165, 1.54) is 28.8 Å². The summed E-state index contributed by atoms with van der Waals surface area (Å²) in [5.41, 5.74) is 2.08. The Morgan fingerprint density at radius 2 is 1.77 bits per heavy atom. The van der Waals surface area contributed by atoms with Crippen LogP contribution in [0, 0.1) is 0 Å². The van der Waals surface area contributed by atoms with Gasteiger partial charge in [0, 0.05) is 19.6 Å². The highest BCUT2D eigenvalue weighted by Crippen LogP contribution is 2.23. The van der Waals surface area contributed by atoms with Crippen LogP contribution in [0.3, 0.4) is 0 Å². The minimum atomic E-state index is -3.68. The number of halogens is 1. The van der Waals surface area contributed by atoms with Gasteiger partial charge in [0.1, 0.15) is 12.7 Å². The van der Waals surface area contributed by atoms with Gasteiger partial charge in [-0.25, -0.2) is 18.1 Å². The molecule has 1 heterocycles. The van der Waals surface area contributed by atoms with Crippen molar-refractivity contribution >= 4 is 27.5 Å². The molecule has 0 spiro atoms. The summed E-state index contributed by atoms with van der Waals surface area (Å²) in [4.78, 5) is 16.6. The first-order valence-electron chi connectivity index (χ1n) is 9.83. The molecule has 10 heteroatoms. The molecule has 0 aliphatic carbocycles. The Morgan fingerprint density at radius 1 is 1.10 bits per heavy atom. The van der Waals surface area contributed by atoms with Crippen LogP contribution in [0.15, 0.2) is 60.0 Å². The van der Waals surface area contributed by atoms with Gasteiger partial charge in [0.25, 0.3) is 5.91 Å². The molecule has 0 saturated carbocycles. The number of aromatic nitrogens is 3. The van der Waals surface area contributed by atoms with Crippen LogP contribution in [0.5, 0.6) is 0 Å². The number of rotatable bonds is 9. The van der Waals surface area contributed by atoms with Crippen molar-refractivity contribution in [3.05, 3.63) is 76.8 Å². The van der Waals surface area contributed by atoms with E-state index in [0.717, 1.165) is 11.1 Å². The first-order chi connectivity index (χ1) is 14.8. The number of benzene rings is 2. The van der Waals surface area contributed by atoms with Crippen LogP contribution in [-0.4, -0.2) is 46.5 Å². The average molecular weight is 462 g/mol. The number of hydrogen-bond donors (Lipinski definition) is 1. The van der Waals surface area contributed by atoms with Gasteiger partial charge in [-0.1, -0.05) is 49.7 Å². The van der Waals surface area contributed by atoms with Crippen molar-refractivity contribution in [3.63, 3.8) is 0 Å². The fraction of sp³-hybridized carbons (Fsp3) is 0.286. The van der Waals surface area contributed by atoms with E-state index in [-0.39, 0.29) is 22.0 Å². The molecule has 0 unspecified atom stereocenters. The molecule has 1 amide bonds. The number of sulfonamides is 1. The Bertz CT molecular complexity index is 1130. The highest BCUT2D eigenvalue weighted by atomic mass is 35.5. The van der Waals surface area contributed by atoms with Crippen molar-refractivity contribution in [3.8, 4) is 0 Å². The minimum Gasteiger partial charge on any atom is -0.348 e. The summed E-state index contributed by atoms with van der Waals surface area (Å²) in [6.45, 7) is 5.11. The van der Waals surface area contributed by atoms with E-state index in [9.17, 15) is 13.2 Å². The topological polar surface area (TPSA) is 97.2 Å². The van der Waals surface area contributed by atoms with Gasteiger partial charge in [-0.3, -0.25) is 4.79 Å². The van der Waals surface area contributed by atoms with Gasteiger partial charge >= 0.3 is 0 Å². The van der Waals surface area contributed by atoms with Crippen molar-refractivity contribution in [1.82, 2.24) is 24.4 Å². The third-order valence-electron chi connectivity index (χ3n) is 4.81. The highest BCUT2D eigenvalue weighted by molar-refractivity contribution is 7.89. The molecule has 0 atom stereocenters. The third kappa shape index (κ3) is 5.49. The normalized spacial score (nSPS) is 11.6. The lowest BCUT2D eigenvalue weighted by molar-refractivity contribution is 0.0951. The molecule has 1 N–H and O–H groups in total. The summed E-state index contributed by atoms with van der Waals surface area (Å²) in [5.74, 6) is -0.437. The van der Waals surface area contributed by atoms with Gasteiger partial charge < -0.3 is 5.32 Å². The van der Waals surface area contributed by atoms with Crippen LogP contribution >= 0.6 is 11.6 Å². The van der Waals surface area contributed by atoms with Crippen molar-refractivity contribution in [2.24, 2.45) is 0 Å². The van der Waals surface area contributed by atoms with Gasteiger partial charge in [-0.05, 0) is 29.3 Å². The number of hydrogen-bond acceptors (Lipinski definition) is 5. The van der Waals surface area contributed by atoms with Gasteiger partial charge in [-0.15, -0.1) is 0 Å². The van der Waals surface area contributed by atoms with Gasteiger partial charge in [0.2, 0.25) is 10.0 Å². The Morgan fingerprint density at radius 3 is 2.39 bits per heavy atom. The molecule has 2 aromatic carbocycles. The second-order valence-corrected chi connectivity index (χ2v) is 9.17. The van der Waals surface area contributed by atoms with Crippen molar-refractivity contribution < 1.29 is 13.2 Å². The zero-order valence-electron chi connectivity index (χ0n) is 17.3. The zero-order valence-corrected chi connectivity index (χ0v) is 18.9. The van der Waals surface area contributed by atoms with Crippen molar-refractivity contribution in [2.45, 2.75) is 31.8 Å².